The standard InChI is InChI=1S/C22H17N5.ClH/c1-2-6-16(7-3-1)13-27-15-25-20-12-17(10-11-21(20)27)26-22-18-8-4-5-9-19(18)23-14-24-22;/h1-12,14-15H,13H2,(H,23,24,26);1H. The lowest BCUT2D eigenvalue weighted by Gasteiger charge is -2.09. The van der Waals surface area contributed by atoms with Gasteiger partial charge in [-0.15, -0.1) is 12.4 Å². The number of hydrogen-bond donors (Lipinski definition) is 1. The fraction of sp³-hybridized carbons (Fsp3) is 0.0455. The zero-order chi connectivity index (χ0) is 18.1. The van der Waals surface area contributed by atoms with E-state index < -0.39 is 0 Å². The molecule has 6 heteroatoms. The van der Waals surface area contributed by atoms with Crippen molar-refractivity contribution in [1.82, 2.24) is 19.5 Å². The van der Waals surface area contributed by atoms with E-state index in [4.69, 9.17) is 0 Å². The van der Waals surface area contributed by atoms with E-state index in [2.05, 4.69) is 61.2 Å². The highest BCUT2D eigenvalue weighted by Gasteiger charge is 2.07. The second-order valence-electron chi connectivity index (χ2n) is 6.43. The lowest BCUT2D eigenvalue weighted by atomic mass is 10.2. The van der Waals surface area contributed by atoms with E-state index in [0.717, 1.165) is 40.0 Å². The molecule has 0 aliphatic carbocycles. The normalized spacial score (nSPS) is 10.7. The predicted molar refractivity (Wildman–Crippen MR) is 115 cm³/mol. The van der Waals surface area contributed by atoms with Crippen LogP contribution < -0.4 is 5.32 Å². The van der Waals surface area contributed by atoms with Crippen LogP contribution in [0.1, 0.15) is 5.56 Å². The lowest BCUT2D eigenvalue weighted by Crippen LogP contribution is -1.98. The third-order valence-corrected chi connectivity index (χ3v) is 4.62. The topological polar surface area (TPSA) is 55.6 Å². The molecule has 5 rings (SSSR count). The molecule has 0 spiro atoms. The molecule has 0 aliphatic heterocycles. The Hall–Kier alpha value is -3.44. The van der Waals surface area contributed by atoms with Gasteiger partial charge in [0.1, 0.15) is 12.1 Å². The molecule has 28 heavy (non-hydrogen) atoms. The van der Waals surface area contributed by atoms with Crippen molar-refractivity contribution in [3.8, 4) is 0 Å². The Balaban J connectivity index is 0.00000192. The molecule has 0 aliphatic rings. The second-order valence-corrected chi connectivity index (χ2v) is 6.43. The Morgan fingerprint density at radius 2 is 1.61 bits per heavy atom. The zero-order valence-corrected chi connectivity index (χ0v) is 15.8. The molecule has 0 amide bonds. The number of fused-ring (bicyclic) bond motifs is 2. The molecular weight excluding hydrogens is 370 g/mol. The van der Waals surface area contributed by atoms with Gasteiger partial charge in [0.2, 0.25) is 0 Å². The van der Waals surface area contributed by atoms with Gasteiger partial charge in [-0.2, -0.15) is 0 Å². The summed E-state index contributed by atoms with van der Waals surface area (Å²) in [5, 5.41) is 4.39. The first kappa shape index (κ1) is 17.9. The van der Waals surface area contributed by atoms with Crippen molar-refractivity contribution in [3.63, 3.8) is 0 Å². The van der Waals surface area contributed by atoms with Gasteiger partial charge in [0.25, 0.3) is 0 Å². The van der Waals surface area contributed by atoms with Gasteiger partial charge in [0.15, 0.2) is 0 Å². The SMILES string of the molecule is Cl.c1ccc(Cn2cnc3cc(Nc4ncnc5ccccc45)ccc32)cc1. The van der Waals surface area contributed by atoms with E-state index in [1.165, 1.54) is 5.56 Å². The molecule has 2 heterocycles. The van der Waals surface area contributed by atoms with E-state index in [0.29, 0.717) is 0 Å². The highest BCUT2D eigenvalue weighted by Crippen LogP contribution is 2.25. The summed E-state index contributed by atoms with van der Waals surface area (Å²) < 4.78 is 2.16. The van der Waals surface area contributed by atoms with Crippen molar-refractivity contribution < 1.29 is 0 Å². The van der Waals surface area contributed by atoms with Gasteiger partial charge in [-0.3, -0.25) is 0 Å². The summed E-state index contributed by atoms with van der Waals surface area (Å²) in [6.45, 7) is 0.806. The van der Waals surface area contributed by atoms with Crippen LogP contribution in [0.15, 0.2) is 85.5 Å². The average Bonchev–Trinajstić information content (AvgIpc) is 3.11. The first-order chi connectivity index (χ1) is 13.4. The highest BCUT2D eigenvalue weighted by atomic mass is 35.5. The van der Waals surface area contributed by atoms with Crippen molar-refractivity contribution in [3.05, 3.63) is 91.0 Å². The number of nitrogens with zero attached hydrogens (tertiary/aromatic N) is 4. The van der Waals surface area contributed by atoms with Crippen molar-refractivity contribution in [2.24, 2.45) is 0 Å². The van der Waals surface area contributed by atoms with Crippen LogP contribution in [0.25, 0.3) is 21.9 Å². The van der Waals surface area contributed by atoms with E-state index in [-0.39, 0.29) is 12.4 Å². The maximum absolute atomic E-state index is 4.57. The van der Waals surface area contributed by atoms with E-state index in [9.17, 15) is 0 Å². The van der Waals surface area contributed by atoms with Crippen LogP contribution in [0.4, 0.5) is 11.5 Å². The monoisotopic (exact) mass is 387 g/mol. The van der Waals surface area contributed by atoms with Crippen LogP contribution in [-0.4, -0.2) is 19.5 Å². The first-order valence-corrected chi connectivity index (χ1v) is 8.82. The molecule has 0 unspecified atom stereocenters. The van der Waals surface area contributed by atoms with Crippen LogP contribution in [-0.2, 0) is 6.54 Å². The summed E-state index contributed by atoms with van der Waals surface area (Å²) in [4.78, 5) is 13.3. The Morgan fingerprint density at radius 1 is 0.786 bits per heavy atom. The number of anilines is 2. The summed E-state index contributed by atoms with van der Waals surface area (Å²) in [6, 6.07) is 24.6. The van der Waals surface area contributed by atoms with Crippen molar-refractivity contribution in [1.29, 1.82) is 0 Å². The molecule has 1 N–H and O–H groups in total. The van der Waals surface area contributed by atoms with Gasteiger partial charge in [-0.05, 0) is 35.9 Å². The molecule has 0 saturated heterocycles. The molecular formula is C22H18ClN5. The molecule has 2 aromatic heterocycles. The number of rotatable bonds is 4. The number of benzene rings is 3. The molecule has 5 aromatic rings. The summed E-state index contributed by atoms with van der Waals surface area (Å²) in [6.07, 6.45) is 3.47. The fourth-order valence-corrected chi connectivity index (χ4v) is 3.29. The van der Waals surface area contributed by atoms with Crippen molar-refractivity contribution >= 4 is 45.8 Å². The van der Waals surface area contributed by atoms with Gasteiger partial charge in [0, 0.05) is 17.6 Å². The number of nitrogens with one attached hydrogen (secondary N) is 1. The molecule has 3 aromatic carbocycles. The smallest absolute Gasteiger partial charge is 0.141 e. The lowest BCUT2D eigenvalue weighted by molar-refractivity contribution is 0.824. The third kappa shape index (κ3) is 3.40. The number of halogens is 1. The second kappa shape index (κ2) is 7.66. The zero-order valence-electron chi connectivity index (χ0n) is 15.0. The Morgan fingerprint density at radius 3 is 2.50 bits per heavy atom. The molecule has 138 valence electrons. The molecule has 0 atom stereocenters. The summed E-state index contributed by atoms with van der Waals surface area (Å²) in [7, 11) is 0. The van der Waals surface area contributed by atoms with Gasteiger partial charge < -0.3 is 9.88 Å². The summed E-state index contributed by atoms with van der Waals surface area (Å²) >= 11 is 0. The van der Waals surface area contributed by atoms with Crippen molar-refractivity contribution in [2.75, 3.05) is 5.32 Å². The van der Waals surface area contributed by atoms with Crippen LogP contribution in [0.5, 0.6) is 0 Å². The molecule has 0 radical (unpaired) electrons. The van der Waals surface area contributed by atoms with Crippen LogP contribution in [0.2, 0.25) is 0 Å². The number of aromatic nitrogens is 4. The minimum Gasteiger partial charge on any atom is -0.340 e. The third-order valence-electron chi connectivity index (χ3n) is 4.62. The predicted octanol–water partition coefficient (Wildman–Crippen LogP) is 5.19. The van der Waals surface area contributed by atoms with E-state index >= 15 is 0 Å². The maximum atomic E-state index is 4.57. The van der Waals surface area contributed by atoms with Crippen LogP contribution in [0, 0.1) is 0 Å². The number of para-hydroxylation sites is 1. The largest absolute Gasteiger partial charge is 0.340 e. The van der Waals surface area contributed by atoms with Gasteiger partial charge >= 0.3 is 0 Å². The average molecular weight is 388 g/mol. The molecule has 0 saturated carbocycles. The van der Waals surface area contributed by atoms with E-state index in [1.54, 1.807) is 6.33 Å². The Kier molecular flexibility index (Phi) is 4.91. The fourth-order valence-electron chi connectivity index (χ4n) is 3.29. The Bertz CT molecular complexity index is 1230. The van der Waals surface area contributed by atoms with E-state index in [1.807, 2.05) is 42.7 Å². The first-order valence-electron chi connectivity index (χ1n) is 8.82. The summed E-state index contributed by atoms with van der Waals surface area (Å²) in [5.41, 5.74) is 5.19. The Labute approximate surface area is 168 Å². The number of hydrogen-bond acceptors (Lipinski definition) is 4. The van der Waals surface area contributed by atoms with Gasteiger partial charge in [-0.1, -0.05) is 42.5 Å². The maximum Gasteiger partial charge on any atom is 0.141 e. The van der Waals surface area contributed by atoms with Gasteiger partial charge in [0.05, 0.1) is 22.9 Å². The molecule has 0 bridgehead atoms. The van der Waals surface area contributed by atoms with Gasteiger partial charge in [-0.25, -0.2) is 15.0 Å². The quantitative estimate of drug-likeness (QED) is 0.461. The van der Waals surface area contributed by atoms with Crippen LogP contribution in [0.3, 0.4) is 0 Å². The highest BCUT2D eigenvalue weighted by molar-refractivity contribution is 5.91. The number of imidazole rings is 1. The molecule has 0 fully saturated rings. The van der Waals surface area contributed by atoms with Crippen LogP contribution >= 0.6 is 12.4 Å². The summed E-state index contributed by atoms with van der Waals surface area (Å²) in [5.74, 6) is 0.795. The minimum absolute atomic E-state index is 0. The minimum atomic E-state index is 0. The molecule has 5 nitrogen and oxygen atoms in total. The van der Waals surface area contributed by atoms with Crippen molar-refractivity contribution in [2.45, 2.75) is 6.54 Å².